The minimum Gasteiger partial charge on any atom is -0.383 e. The van der Waals surface area contributed by atoms with Crippen LogP contribution < -0.4 is 16.0 Å². The van der Waals surface area contributed by atoms with Gasteiger partial charge in [0.2, 0.25) is 5.66 Å². The van der Waals surface area contributed by atoms with E-state index in [0.717, 1.165) is 59.3 Å². The number of aromatic amines is 1. The molecule has 37 heavy (non-hydrogen) atoms. The largest absolute Gasteiger partial charge is 0.383 e. The third-order valence-corrected chi connectivity index (χ3v) is 8.65. The van der Waals surface area contributed by atoms with Gasteiger partial charge in [-0.05, 0) is 50.6 Å². The maximum atomic E-state index is 6.47. The number of aromatic nitrogens is 4. The first kappa shape index (κ1) is 22.4. The second-order valence-electron chi connectivity index (χ2n) is 10.2. The van der Waals surface area contributed by atoms with Crippen molar-refractivity contribution in [3.63, 3.8) is 0 Å². The number of hydrogen-bond donors (Lipinski definition) is 3. The summed E-state index contributed by atoms with van der Waals surface area (Å²) in [5, 5.41) is 14.6. The molecule has 4 aliphatic heterocycles. The van der Waals surface area contributed by atoms with Crippen LogP contribution in [0.2, 0.25) is 0 Å². The number of nitrogens with one attached hydrogen (secondary N) is 2. The maximum Gasteiger partial charge on any atom is 0.204 e. The molecule has 10 heteroatoms. The van der Waals surface area contributed by atoms with E-state index >= 15 is 0 Å². The van der Waals surface area contributed by atoms with E-state index in [2.05, 4.69) is 54.7 Å². The van der Waals surface area contributed by atoms with Gasteiger partial charge >= 0.3 is 0 Å². The van der Waals surface area contributed by atoms with Gasteiger partial charge in [-0.3, -0.25) is 10.00 Å². The minimum absolute atomic E-state index is 0.478. The zero-order valence-electron chi connectivity index (χ0n) is 20.8. The van der Waals surface area contributed by atoms with E-state index in [9.17, 15) is 0 Å². The predicted octanol–water partition coefficient (Wildman–Crippen LogP) is 3.37. The SMILES string of the molecule is Cc1csc(CN2C3CC2CN(c2ccc(C4(c5cc(C)[nH]n5)N=C(N)c5ccccc5N4)cn2)C3)n1. The van der Waals surface area contributed by atoms with E-state index in [1.165, 1.54) is 11.4 Å². The van der Waals surface area contributed by atoms with Gasteiger partial charge in [0.05, 0.1) is 6.54 Å². The van der Waals surface area contributed by atoms with E-state index in [1.807, 2.05) is 43.5 Å². The van der Waals surface area contributed by atoms with Crippen molar-refractivity contribution < 1.29 is 0 Å². The number of nitrogens with zero attached hydrogens (tertiary/aromatic N) is 6. The Morgan fingerprint density at radius 1 is 1.14 bits per heavy atom. The molecule has 4 aliphatic rings. The van der Waals surface area contributed by atoms with E-state index in [1.54, 1.807) is 11.3 Å². The lowest BCUT2D eigenvalue weighted by atomic mass is 9.87. The van der Waals surface area contributed by atoms with E-state index in [-0.39, 0.29) is 0 Å². The number of piperazine rings is 1. The van der Waals surface area contributed by atoms with Crippen LogP contribution >= 0.6 is 11.3 Å². The number of H-pyrrole nitrogens is 1. The summed E-state index contributed by atoms with van der Waals surface area (Å²) in [5.41, 5.74) is 11.0. The number of fused-ring (bicyclic) bond motifs is 3. The smallest absolute Gasteiger partial charge is 0.204 e. The Morgan fingerprint density at radius 3 is 2.68 bits per heavy atom. The molecule has 0 saturated carbocycles. The molecule has 7 heterocycles. The molecule has 0 amide bonds. The van der Waals surface area contributed by atoms with Gasteiger partial charge in [-0.25, -0.2) is 15.0 Å². The lowest BCUT2D eigenvalue weighted by Gasteiger charge is -2.56. The van der Waals surface area contributed by atoms with Crippen molar-refractivity contribution >= 4 is 28.7 Å². The fourth-order valence-corrected chi connectivity index (χ4v) is 6.62. The van der Waals surface area contributed by atoms with Crippen LogP contribution in [0.1, 0.15) is 39.6 Å². The number of thiazole rings is 1. The number of nitrogens with two attached hydrogens (primary N) is 1. The fourth-order valence-electron chi connectivity index (χ4n) is 5.84. The van der Waals surface area contributed by atoms with Crippen molar-refractivity contribution in [3.05, 3.63) is 87.3 Å². The molecular formula is C27H29N9S. The number of para-hydroxylation sites is 1. The molecule has 0 spiro atoms. The van der Waals surface area contributed by atoms with Gasteiger partial charge in [-0.1, -0.05) is 12.1 Å². The van der Waals surface area contributed by atoms with E-state index in [0.29, 0.717) is 17.9 Å². The number of amidine groups is 1. The molecule has 4 N–H and O–H groups in total. The van der Waals surface area contributed by atoms with Crippen LogP contribution in [0.25, 0.3) is 0 Å². The van der Waals surface area contributed by atoms with Crippen molar-refractivity contribution in [2.45, 2.75) is 44.6 Å². The number of pyridine rings is 1. The Hall–Kier alpha value is -3.76. The summed E-state index contributed by atoms with van der Waals surface area (Å²) in [5.74, 6) is 1.47. The third kappa shape index (κ3) is 3.70. The Kier molecular flexibility index (Phi) is 5.09. The summed E-state index contributed by atoms with van der Waals surface area (Å²) in [6.45, 7) is 6.95. The van der Waals surface area contributed by atoms with Crippen LogP contribution in [0.5, 0.6) is 0 Å². The first-order valence-electron chi connectivity index (χ1n) is 12.6. The quantitative estimate of drug-likeness (QED) is 0.377. The first-order valence-corrected chi connectivity index (χ1v) is 13.5. The lowest BCUT2D eigenvalue weighted by molar-refractivity contribution is -0.00874. The number of rotatable bonds is 5. The topological polar surface area (TPSA) is 111 Å². The highest BCUT2D eigenvalue weighted by Crippen LogP contribution is 2.40. The van der Waals surface area contributed by atoms with Gasteiger partial charge in [-0.2, -0.15) is 5.10 Å². The van der Waals surface area contributed by atoms with Crippen LogP contribution in [-0.2, 0) is 12.2 Å². The van der Waals surface area contributed by atoms with Crippen molar-refractivity contribution in [2.24, 2.45) is 10.7 Å². The van der Waals surface area contributed by atoms with Gasteiger partial charge < -0.3 is 16.0 Å². The molecule has 9 nitrogen and oxygen atoms in total. The molecular weight excluding hydrogens is 482 g/mol. The summed E-state index contributed by atoms with van der Waals surface area (Å²) in [7, 11) is 0. The zero-order valence-corrected chi connectivity index (χ0v) is 21.7. The summed E-state index contributed by atoms with van der Waals surface area (Å²) in [4.78, 5) is 19.5. The number of piperidine rings is 1. The minimum atomic E-state index is -0.957. The molecule has 3 saturated heterocycles. The van der Waals surface area contributed by atoms with Crippen molar-refractivity contribution in [3.8, 4) is 0 Å². The molecule has 188 valence electrons. The maximum absolute atomic E-state index is 6.47. The summed E-state index contributed by atoms with van der Waals surface area (Å²) in [6.07, 6.45) is 3.16. The zero-order chi connectivity index (χ0) is 25.1. The van der Waals surface area contributed by atoms with Crippen molar-refractivity contribution in [1.82, 2.24) is 25.1 Å². The highest BCUT2D eigenvalue weighted by molar-refractivity contribution is 7.09. The number of aliphatic imine (C=N–C) groups is 1. The highest BCUT2D eigenvalue weighted by atomic mass is 32.1. The van der Waals surface area contributed by atoms with E-state index < -0.39 is 5.66 Å². The monoisotopic (exact) mass is 511 g/mol. The lowest BCUT2D eigenvalue weighted by Crippen LogP contribution is -2.68. The first-order chi connectivity index (χ1) is 18.0. The number of anilines is 2. The highest BCUT2D eigenvalue weighted by Gasteiger charge is 2.45. The average molecular weight is 512 g/mol. The molecule has 3 unspecified atom stereocenters. The average Bonchev–Trinajstić information content (AvgIpc) is 3.55. The van der Waals surface area contributed by atoms with Crippen LogP contribution in [0.4, 0.5) is 11.5 Å². The van der Waals surface area contributed by atoms with Crippen LogP contribution in [0.15, 0.2) is 59.0 Å². The Balaban J connectivity index is 1.15. The number of aryl methyl sites for hydroxylation is 2. The van der Waals surface area contributed by atoms with Crippen LogP contribution in [-0.4, -0.2) is 56.1 Å². The molecule has 1 aromatic carbocycles. The Bertz CT molecular complexity index is 1480. The van der Waals surface area contributed by atoms with Crippen LogP contribution in [0.3, 0.4) is 0 Å². The van der Waals surface area contributed by atoms with Crippen LogP contribution in [0, 0.1) is 13.8 Å². The number of hydrogen-bond acceptors (Lipinski definition) is 9. The van der Waals surface area contributed by atoms with Gasteiger partial charge in [0.1, 0.15) is 22.4 Å². The summed E-state index contributed by atoms with van der Waals surface area (Å²) < 4.78 is 0. The van der Waals surface area contributed by atoms with Gasteiger partial charge in [0, 0.05) is 65.0 Å². The standard InChI is InChI=1S/C27H29N9S/c1-16-9-23(34-33-16)27(31-22-6-4-3-5-21(22)26(28)32-27)18-7-8-24(29-11-18)35-12-19-10-20(13-35)36(19)14-25-30-17(2)15-37-25/h3-9,11,15,19-20,31H,10,12-14H2,1-2H3,(H2,28,32)(H,33,34). The molecule has 4 aromatic rings. The van der Waals surface area contributed by atoms with E-state index in [4.69, 9.17) is 15.7 Å². The molecule has 8 rings (SSSR count). The number of benzene rings is 1. The van der Waals surface area contributed by atoms with Gasteiger partial charge in [-0.15, -0.1) is 11.3 Å². The molecule has 2 bridgehead atoms. The molecule has 3 aromatic heterocycles. The summed E-state index contributed by atoms with van der Waals surface area (Å²) in [6, 6.07) is 15.2. The molecule has 3 atom stereocenters. The molecule has 0 radical (unpaired) electrons. The predicted molar refractivity (Wildman–Crippen MR) is 146 cm³/mol. The Labute approximate surface area is 219 Å². The second kappa shape index (κ2) is 8.39. The molecule has 3 fully saturated rings. The third-order valence-electron chi connectivity index (χ3n) is 7.70. The Morgan fingerprint density at radius 2 is 1.97 bits per heavy atom. The normalized spacial score (nSPS) is 24.7. The molecule has 0 aliphatic carbocycles. The van der Waals surface area contributed by atoms with Crippen molar-refractivity contribution in [2.75, 3.05) is 23.3 Å². The van der Waals surface area contributed by atoms with Gasteiger partial charge in [0.25, 0.3) is 0 Å². The van der Waals surface area contributed by atoms with Gasteiger partial charge in [0.15, 0.2) is 0 Å². The fraction of sp³-hybridized carbons (Fsp3) is 0.333. The van der Waals surface area contributed by atoms with Crippen molar-refractivity contribution in [1.29, 1.82) is 0 Å². The second-order valence-corrected chi connectivity index (χ2v) is 11.2. The summed E-state index contributed by atoms with van der Waals surface area (Å²) >= 11 is 1.76.